The quantitative estimate of drug-likeness (QED) is 0.413. The minimum Gasteiger partial charge on any atom is -0.354 e. The molecule has 1 saturated carbocycles. The molecule has 1 aromatic carbocycles. The first-order valence-electron chi connectivity index (χ1n) is 12.8. The summed E-state index contributed by atoms with van der Waals surface area (Å²) in [5.41, 5.74) is 1.62. The predicted octanol–water partition coefficient (Wildman–Crippen LogP) is 2.35. The highest BCUT2D eigenvalue weighted by Gasteiger charge is 2.39. The van der Waals surface area contributed by atoms with Gasteiger partial charge < -0.3 is 20.5 Å². The van der Waals surface area contributed by atoms with E-state index in [0.717, 1.165) is 29.8 Å². The Bertz CT molecular complexity index is 1520. The predicted molar refractivity (Wildman–Crippen MR) is 145 cm³/mol. The van der Waals surface area contributed by atoms with Crippen molar-refractivity contribution < 1.29 is 18.0 Å². The van der Waals surface area contributed by atoms with E-state index in [0.29, 0.717) is 33.5 Å². The number of aromatic nitrogens is 2. The first-order valence-corrected chi connectivity index (χ1v) is 15.4. The number of sulfonamides is 1. The Kier molecular flexibility index (Phi) is 6.71. The molecular weight excluding hydrogens is 548 g/mol. The minimum absolute atomic E-state index is 0.0147. The van der Waals surface area contributed by atoms with E-state index in [9.17, 15) is 18.0 Å². The number of hydrogen-bond donors (Lipinski definition) is 3. The number of piperazine rings is 1. The fraction of sp³-hybridized carbons (Fsp3) is 0.480. The summed E-state index contributed by atoms with van der Waals surface area (Å²) < 4.78 is 28.6. The third-order valence-electron chi connectivity index (χ3n) is 7.41. The molecule has 3 aliphatic rings. The van der Waals surface area contributed by atoms with E-state index in [-0.39, 0.29) is 48.9 Å². The maximum absolute atomic E-state index is 13.6. The summed E-state index contributed by atoms with van der Waals surface area (Å²) >= 11 is 7.47. The number of H-pyrrole nitrogens is 1. The summed E-state index contributed by atoms with van der Waals surface area (Å²) in [5, 5.41) is 8.04. The average molecular weight is 577 g/mol. The van der Waals surface area contributed by atoms with Crippen LogP contribution in [0.1, 0.15) is 40.1 Å². The smallest absolute Gasteiger partial charge is 0.283 e. The number of fused-ring (bicyclic) bond motifs is 2. The van der Waals surface area contributed by atoms with Crippen molar-refractivity contribution in [2.24, 2.45) is 5.92 Å². The first-order chi connectivity index (χ1) is 18.2. The topological polar surface area (TPSA) is 128 Å². The van der Waals surface area contributed by atoms with Gasteiger partial charge in [-0.25, -0.2) is 13.4 Å². The van der Waals surface area contributed by atoms with Gasteiger partial charge in [0.2, 0.25) is 5.91 Å². The molecular formula is C25H29ClN6O4S2. The molecule has 3 N–H and O–H groups in total. The third kappa shape index (κ3) is 4.95. The molecule has 2 unspecified atom stereocenters. The van der Waals surface area contributed by atoms with Crippen molar-refractivity contribution in [3.63, 3.8) is 0 Å². The molecule has 2 aromatic heterocycles. The number of nitrogens with zero attached hydrogens (tertiary/aromatic N) is 3. The number of thiazole rings is 1. The van der Waals surface area contributed by atoms with Crippen molar-refractivity contribution in [1.29, 1.82) is 0 Å². The van der Waals surface area contributed by atoms with Gasteiger partial charge in [0.05, 0.1) is 11.7 Å². The van der Waals surface area contributed by atoms with Crippen LogP contribution < -0.4 is 10.6 Å². The van der Waals surface area contributed by atoms with E-state index in [1.54, 1.807) is 29.2 Å². The van der Waals surface area contributed by atoms with Crippen LogP contribution in [0.25, 0.3) is 10.9 Å². The monoisotopic (exact) mass is 576 g/mol. The molecule has 1 saturated heterocycles. The molecule has 0 bridgehead atoms. The number of aromatic amines is 1. The van der Waals surface area contributed by atoms with Gasteiger partial charge in [-0.3, -0.25) is 9.59 Å². The number of halogens is 1. The third-order valence-corrected chi connectivity index (χ3v) is 10.5. The maximum Gasteiger partial charge on any atom is 0.283 e. The average Bonchev–Trinajstić information content (AvgIpc) is 3.53. The van der Waals surface area contributed by atoms with Crippen molar-refractivity contribution in [3.05, 3.63) is 44.9 Å². The van der Waals surface area contributed by atoms with Crippen molar-refractivity contribution in [3.8, 4) is 0 Å². The Balaban J connectivity index is 1.24. The highest BCUT2D eigenvalue weighted by atomic mass is 35.5. The van der Waals surface area contributed by atoms with Gasteiger partial charge in [-0.2, -0.15) is 4.31 Å². The molecule has 202 valence electrons. The molecule has 3 aromatic rings. The highest BCUT2D eigenvalue weighted by molar-refractivity contribution is 7.89. The summed E-state index contributed by atoms with van der Waals surface area (Å²) in [7, 11) is -3.87. The van der Waals surface area contributed by atoms with Gasteiger partial charge in [-0.1, -0.05) is 11.6 Å². The highest BCUT2D eigenvalue weighted by Crippen LogP contribution is 2.30. The van der Waals surface area contributed by atoms with Crippen LogP contribution in [-0.2, 0) is 27.8 Å². The first kappa shape index (κ1) is 25.8. The standard InChI is InChI=1S/C25H29ClN6O4S2/c1-14-8-20-21(12-27-14)37-24(30-20)25(34)32-7-6-31(13-18(32)11-28-23(33)15-2-3-15)38(35,36)22-10-16-9-17(26)4-5-19(16)29-22/h4-5,9-10,14-15,18,27,29H,2-3,6-8,11-13H2,1H3,(H,28,33). The summed E-state index contributed by atoms with van der Waals surface area (Å²) in [6.45, 7) is 3.36. The van der Waals surface area contributed by atoms with Gasteiger partial charge in [0, 0.05) is 71.9 Å². The van der Waals surface area contributed by atoms with Crippen LogP contribution in [0.2, 0.25) is 5.02 Å². The SMILES string of the molecule is CC1Cc2nc(C(=O)N3CCN(S(=O)(=O)c4cc5cc(Cl)ccc5[nH]4)CC3CNC(=O)C3CC3)sc2CN1. The number of benzene rings is 1. The molecule has 6 rings (SSSR count). The van der Waals surface area contributed by atoms with Crippen LogP contribution in [0.4, 0.5) is 0 Å². The van der Waals surface area contributed by atoms with Gasteiger partial charge in [0.15, 0.2) is 5.01 Å². The minimum atomic E-state index is -3.87. The van der Waals surface area contributed by atoms with Gasteiger partial charge in [-0.15, -0.1) is 11.3 Å². The lowest BCUT2D eigenvalue weighted by molar-refractivity contribution is -0.122. The lowest BCUT2D eigenvalue weighted by atomic mass is 10.1. The Labute approximate surface area is 229 Å². The van der Waals surface area contributed by atoms with Crippen LogP contribution in [0.15, 0.2) is 29.3 Å². The maximum atomic E-state index is 13.6. The Hall–Kier alpha value is -2.51. The largest absolute Gasteiger partial charge is 0.354 e. The molecule has 38 heavy (non-hydrogen) atoms. The fourth-order valence-corrected chi connectivity index (χ4v) is 7.73. The molecule has 0 radical (unpaired) electrons. The van der Waals surface area contributed by atoms with Gasteiger partial charge in [-0.05, 0) is 44.0 Å². The van der Waals surface area contributed by atoms with E-state index in [1.807, 2.05) is 0 Å². The van der Waals surface area contributed by atoms with Crippen LogP contribution in [-0.4, -0.2) is 77.7 Å². The van der Waals surface area contributed by atoms with Gasteiger partial charge >= 0.3 is 0 Å². The number of carbonyl (C=O) groups is 2. The zero-order chi connectivity index (χ0) is 26.6. The Morgan fingerprint density at radius 3 is 2.84 bits per heavy atom. The van der Waals surface area contributed by atoms with Crippen LogP contribution in [0, 0.1) is 5.92 Å². The van der Waals surface area contributed by atoms with Crippen molar-refractivity contribution >= 4 is 55.7 Å². The van der Waals surface area contributed by atoms with Crippen LogP contribution in [0.3, 0.4) is 0 Å². The fourth-order valence-electron chi connectivity index (χ4n) is 5.07. The molecule has 2 fully saturated rings. The number of carbonyl (C=O) groups excluding carboxylic acids is 2. The molecule has 2 aliphatic heterocycles. The summed E-state index contributed by atoms with van der Waals surface area (Å²) in [6, 6.07) is 6.51. The Morgan fingerprint density at radius 2 is 2.05 bits per heavy atom. The van der Waals surface area contributed by atoms with E-state index >= 15 is 0 Å². The van der Waals surface area contributed by atoms with Crippen LogP contribution in [0.5, 0.6) is 0 Å². The summed E-state index contributed by atoms with van der Waals surface area (Å²) in [5.74, 6) is -0.254. The summed E-state index contributed by atoms with van der Waals surface area (Å²) in [4.78, 5) is 36.4. The van der Waals surface area contributed by atoms with Crippen molar-refractivity contribution in [1.82, 2.24) is 29.8 Å². The number of nitrogens with one attached hydrogen (secondary N) is 3. The second-order valence-corrected chi connectivity index (χ2v) is 13.7. The molecule has 0 spiro atoms. The van der Waals surface area contributed by atoms with E-state index in [2.05, 4.69) is 27.5 Å². The van der Waals surface area contributed by atoms with E-state index in [4.69, 9.17) is 11.6 Å². The number of rotatable bonds is 6. The molecule has 2 atom stereocenters. The zero-order valence-electron chi connectivity index (χ0n) is 20.9. The van der Waals surface area contributed by atoms with Crippen molar-refractivity contribution in [2.75, 3.05) is 26.2 Å². The van der Waals surface area contributed by atoms with E-state index in [1.165, 1.54) is 15.6 Å². The molecule has 10 nitrogen and oxygen atoms in total. The van der Waals surface area contributed by atoms with Crippen molar-refractivity contribution in [2.45, 2.75) is 49.8 Å². The normalized spacial score (nSPS) is 22.4. The number of hydrogen-bond acceptors (Lipinski definition) is 7. The molecule has 4 heterocycles. The zero-order valence-corrected chi connectivity index (χ0v) is 23.3. The molecule has 13 heteroatoms. The van der Waals surface area contributed by atoms with Gasteiger partial charge in [0.1, 0.15) is 5.03 Å². The van der Waals surface area contributed by atoms with Crippen LogP contribution >= 0.6 is 22.9 Å². The second-order valence-electron chi connectivity index (χ2n) is 10.3. The summed E-state index contributed by atoms with van der Waals surface area (Å²) in [6.07, 6.45) is 2.49. The number of amides is 2. The lowest BCUT2D eigenvalue weighted by Crippen LogP contribution is -2.59. The second kappa shape index (κ2) is 9.91. The molecule has 2 amide bonds. The Morgan fingerprint density at radius 1 is 1.24 bits per heavy atom. The van der Waals surface area contributed by atoms with Gasteiger partial charge in [0.25, 0.3) is 15.9 Å². The lowest BCUT2D eigenvalue weighted by Gasteiger charge is -2.40. The van der Waals surface area contributed by atoms with E-state index < -0.39 is 16.1 Å². The molecule has 1 aliphatic carbocycles.